The molecule has 1 N–H and O–H groups in total. The molecule has 0 radical (unpaired) electrons. The van der Waals surface area contributed by atoms with E-state index in [1.165, 1.54) is 19.3 Å². The lowest BCUT2D eigenvalue weighted by atomic mass is 9.93. The first-order chi connectivity index (χ1) is 7.38. The normalized spacial score (nSPS) is 21.1. The average molecular weight is 206 g/mol. The summed E-state index contributed by atoms with van der Waals surface area (Å²) in [5.74, 6) is 1.24. The van der Waals surface area contributed by atoms with Crippen LogP contribution in [0.2, 0.25) is 0 Å². The second-order valence-corrected chi connectivity index (χ2v) is 4.37. The maximum absolute atomic E-state index is 10.8. The second kappa shape index (κ2) is 3.32. The first-order valence-electron chi connectivity index (χ1n) is 5.55. The van der Waals surface area contributed by atoms with Gasteiger partial charge in [-0.25, -0.2) is 0 Å². The third-order valence-corrected chi connectivity index (χ3v) is 3.18. The van der Waals surface area contributed by atoms with Crippen LogP contribution < -0.4 is 5.32 Å². The van der Waals surface area contributed by atoms with E-state index in [2.05, 4.69) is 15.5 Å². The van der Waals surface area contributed by atoms with E-state index in [-0.39, 0.29) is 0 Å². The molecule has 0 spiro atoms. The molecule has 3 rings (SSSR count). The molecule has 15 heavy (non-hydrogen) atoms. The number of nitrogens with one attached hydrogen (secondary N) is 1. The number of carbonyl (C=O) groups is 1. The molecule has 0 aliphatic heterocycles. The van der Waals surface area contributed by atoms with Gasteiger partial charge in [-0.1, -0.05) is 0 Å². The van der Waals surface area contributed by atoms with Gasteiger partial charge in [0.25, 0.3) is 0 Å². The van der Waals surface area contributed by atoms with Crippen molar-refractivity contribution in [1.29, 1.82) is 0 Å². The summed E-state index contributed by atoms with van der Waals surface area (Å²) in [6, 6.07) is 0.981. The van der Waals surface area contributed by atoms with E-state index in [1.807, 2.05) is 4.57 Å². The number of rotatable bonds is 4. The van der Waals surface area contributed by atoms with Gasteiger partial charge in [0, 0.05) is 12.1 Å². The van der Waals surface area contributed by atoms with Crippen LogP contribution in [0.3, 0.4) is 0 Å². The van der Waals surface area contributed by atoms with E-state index in [0.717, 1.165) is 25.1 Å². The topological polar surface area (TPSA) is 59.8 Å². The third kappa shape index (κ3) is 1.52. The Morgan fingerprint density at radius 1 is 1.27 bits per heavy atom. The fourth-order valence-electron chi connectivity index (χ4n) is 1.90. The van der Waals surface area contributed by atoms with E-state index in [1.54, 1.807) is 0 Å². The van der Waals surface area contributed by atoms with Crippen LogP contribution in [-0.4, -0.2) is 27.1 Å². The predicted molar refractivity (Wildman–Crippen MR) is 54.9 cm³/mol. The summed E-state index contributed by atoms with van der Waals surface area (Å²) in [5, 5.41) is 11.3. The maximum atomic E-state index is 10.8. The molecule has 1 aromatic rings. The number of aromatic nitrogens is 3. The summed E-state index contributed by atoms with van der Waals surface area (Å²) >= 11 is 0. The maximum Gasteiger partial charge on any atom is 0.225 e. The van der Waals surface area contributed by atoms with Gasteiger partial charge in [-0.2, -0.15) is 0 Å². The molecule has 0 unspecified atom stereocenters. The van der Waals surface area contributed by atoms with Crippen molar-refractivity contribution < 1.29 is 4.79 Å². The Morgan fingerprint density at radius 3 is 2.60 bits per heavy atom. The largest absolute Gasteiger partial charge is 0.352 e. The highest BCUT2D eigenvalue weighted by Gasteiger charge is 2.29. The lowest BCUT2D eigenvalue weighted by Gasteiger charge is -2.28. The molecule has 0 saturated heterocycles. The summed E-state index contributed by atoms with van der Waals surface area (Å²) in [6.45, 7) is 0. The average Bonchev–Trinajstić information content (AvgIpc) is 2.88. The van der Waals surface area contributed by atoms with E-state index < -0.39 is 0 Å². The number of nitrogens with zero attached hydrogens (tertiary/aromatic N) is 3. The molecular formula is C10H14N4O. The van der Waals surface area contributed by atoms with Crippen LogP contribution >= 0.6 is 0 Å². The van der Waals surface area contributed by atoms with Crippen molar-refractivity contribution in [3.63, 3.8) is 0 Å². The third-order valence-electron chi connectivity index (χ3n) is 3.18. The lowest BCUT2D eigenvalue weighted by molar-refractivity contribution is 0.110. The van der Waals surface area contributed by atoms with Gasteiger partial charge in [-0.15, -0.1) is 10.2 Å². The number of hydrogen-bond donors (Lipinski definition) is 1. The number of carbonyl (C=O) groups excluding carboxylic acids is 1. The number of anilines is 1. The molecule has 5 nitrogen and oxygen atoms in total. The van der Waals surface area contributed by atoms with Crippen LogP contribution in [0.4, 0.5) is 5.95 Å². The van der Waals surface area contributed by atoms with Crippen LogP contribution in [0.5, 0.6) is 0 Å². The fourth-order valence-corrected chi connectivity index (χ4v) is 1.90. The predicted octanol–water partition coefficient (Wildman–Crippen LogP) is 1.39. The summed E-state index contributed by atoms with van der Waals surface area (Å²) in [5.41, 5.74) is 0. The first kappa shape index (κ1) is 8.88. The van der Waals surface area contributed by atoms with Gasteiger partial charge < -0.3 is 5.32 Å². The van der Waals surface area contributed by atoms with Gasteiger partial charge in [0.15, 0.2) is 12.1 Å². The molecule has 1 aromatic heterocycles. The van der Waals surface area contributed by atoms with Crippen molar-refractivity contribution in [2.24, 2.45) is 0 Å². The van der Waals surface area contributed by atoms with Crippen LogP contribution in [0, 0.1) is 0 Å². The van der Waals surface area contributed by atoms with Crippen LogP contribution in [0.25, 0.3) is 0 Å². The van der Waals surface area contributed by atoms with Crippen LogP contribution in [-0.2, 0) is 0 Å². The zero-order chi connectivity index (χ0) is 10.3. The second-order valence-electron chi connectivity index (χ2n) is 4.37. The molecule has 1 heterocycles. The number of aldehydes is 1. The molecule has 0 bridgehead atoms. The highest BCUT2D eigenvalue weighted by molar-refractivity contribution is 5.70. The molecule has 2 saturated carbocycles. The highest BCUT2D eigenvalue weighted by atomic mass is 16.1. The zero-order valence-electron chi connectivity index (χ0n) is 8.52. The highest BCUT2D eigenvalue weighted by Crippen LogP contribution is 2.35. The van der Waals surface area contributed by atoms with Gasteiger partial charge in [-0.05, 0) is 32.1 Å². The van der Waals surface area contributed by atoms with E-state index in [9.17, 15) is 4.79 Å². The minimum absolute atomic E-state index is 0.432. The quantitative estimate of drug-likeness (QED) is 0.756. The molecule has 80 valence electrons. The molecule has 2 fully saturated rings. The molecule has 0 aromatic carbocycles. The lowest BCUT2D eigenvalue weighted by Crippen LogP contribution is -2.21. The summed E-state index contributed by atoms with van der Waals surface area (Å²) in [7, 11) is 0. The van der Waals surface area contributed by atoms with Gasteiger partial charge in [-0.3, -0.25) is 9.36 Å². The van der Waals surface area contributed by atoms with Crippen molar-refractivity contribution in [1.82, 2.24) is 14.8 Å². The molecule has 0 atom stereocenters. The van der Waals surface area contributed by atoms with Crippen LogP contribution in [0.15, 0.2) is 0 Å². The monoisotopic (exact) mass is 206 g/mol. The molecule has 2 aliphatic carbocycles. The SMILES string of the molecule is O=Cc1nnc(NC2CC2)n1C1CCC1. The zero-order valence-corrected chi connectivity index (χ0v) is 8.52. The van der Waals surface area contributed by atoms with E-state index in [0.29, 0.717) is 17.9 Å². The van der Waals surface area contributed by atoms with E-state index >= 15 is 0 Å². The van der Waals surface area contributed by atoms with Gasteiger partial charge in [0.2, 0.25) is 5.95 Å². The van der Waals surface area contributed by atoms with Crippen molar-refractivity contribution in [3.05, 3.63) is 5.82 Å². The Labute approximate surface area is 87.9 Å². The van der Waals surface area contributed by atoms with Crippen molar-refractivity contribution in [2.45, 2.75) is 44.2 Å². The Balaban J connectivity index is 1.89. The summed E-state index contributed by atoms with van der Waals surface area (Å²) in [4.78, 5) is 10.8. The molecular weight excluding hydrogens is 192 g/mol. The van der Waals surface area contributed by atoms with Crippen LogP contribution in [0.1, 0.15) is 48.8 Å². The minimum Gasteiger partial charge on any atom is -0.352 e. The molecule has 0 amide bonds. The number of hydrogen-bond acceptors (Lipinski definition) is 4. The first-order valence-corrected chi connectivity index (χ1v) is 5.55. The summed E-state index contributed by atoms with van der Waals surface area (Å²) in [6.07, 6.45) is 6.71. The standard InChI is InChI=1S/C10H14N4O/c15-6-9-12-13-10(11-7-4-5-7)14(9)8-2-1-3-8/h6-8H,1-5H2,(H,11,13). The summed E-state index contributed by atoms with van der Waals surface area (Å²) < 4.78 is 1.97. The van der Waals surface area contributed by atoms with Gasteiger partial charge in [0.1, 0.15) is 0 Å². The Kier molecular flexibility index (Phi) is 1.97. The van der Waals surface area contributed by atoms with Crippen molar-refractivity contribution in [3.8, 4) is 0 Å². The Hall–Kier alpha value is -1.39. The van der Waals surface area contributed by atoms with Crippen molar-refractivity contribution in [2.75, 3.05) is 5.32 Å². The van der Waals surface area contributed by atoms with E-state index in [4.69, 9.17) is 0 Å². The van der Waals surface area contributed by atoms with Gasteiger partial charge in [0.05, 0.1) is 0 Å². The molecule has 2 aliphatic rings. The Bertz CT molecular complexity index is 379. The molecule has 5 heteroatoms. The Morgan fingerprint density at radius 2 is 2.07 bits per heavy atom. The smallest absolute Gasteiger partial charge is 0.225 e. The fraction of sp³-hybridized carbons (Fsp3) is 0.700. The van der Waals surface area contributed by atoms with Gasteiger partial charge >= 0.3 is 0 Å². The van der Waals surface area contributed by atoms with Crippen molar-refractivity contribution >= 4 is 12.2 Å². The minimum atomic E-state index is 0.432.